The van der Waals surface area contributed by atoms with Gasteiger partial charge in [0.05, 0.1) is 22.3 Å². The summed E-state index contributed by atoms with van der Waals surface area (Å²) >= 11 is 0. The van der Waals surface area contributed by atoms with Crippen molar-refractivity contribution in [2.24, 2.45) is 0 Å². The quantitative estimate of drug-likeness (QED) is 0.0961. The molecule has 12 nitrogen and oxygen atoms in total. The van der Waals surface area contributed by atoms with Crippen molar-refractivity contribution in [3.05, 3.63) is 137 Å². The predicted octanol–water partition coefficient (Wildman–Crippen LogP) is 5.27. The molecule has 4 aromatic rings. The van der Waals surface area contributed by atoms with E-state index >= 15 is 0 Å². The molecule has 0 aliphatic heterocycles. The summed E-state index contributed by atoms with van der Waals surface area (Å²) in [6.07, 6.45) is -15.4. The van der Waals surface area contributed by atoms with Gasteiger partial charge in [-0.05, 0) is 72.8 Å². The van der Waals surface area contributed by atoms with E-state index in [1.54, 1.807) is 35.8 Å². The lowest BCUT2D eigenvalue weighted by molar-refractivity contribution is -0.159. The van der Waals surface area contributed by atoms with Gasteiger partial charge in [0.25, 0.3) is 17.7 Å². The fourth-order valence-electron chi connectivity index (χ4n) is 4.27. The molecule has 0 bridgehead atoms. The summed E-state index contributed by atoms with van der Waals surface area (Å²) in [7, 11) is 0. The standard InChI is InChI=1S/C34H23F6N3O9/c35-33(36,37)22-10-4-8-20(16-22)31(49)51-25(26(30(47)48)52-32(50)21-9-5-11-23(17-21)34(38,39)40)29(46)43-42-28(45)19-12-14-24(15-13-19)41-27(44)18-6-2-1-3-7-18/h1-17,25-26H,(H,41,44)(H,42,45)(H,43,46)(H,47,48)/t25-,26+/m0/s1. The molecule has 18 heteroatoms. The van der Waals surface area contributed by atoms with Gasteiger partial charge in [-0.2, -0.15) is 26.3 Å². The lowest BCUT2D eigenvalue weighted by Crippen LogP contribution is -2.54. The van der Waals surface area contributed by atoms with Gasteiger partial charge in [-0.1, -0.05) is 30.3 Å². The number of rotatable bonds is 10. The molecule has 0 aromatic heterocycles. The number of nitrogens with one attached hydrogen (secondary N) is 3. The topological polar surface area (TPSA) is 177 Å². The monoisotopic (exact) mass is 731 g/mol. The van der Waals surface area contributed by atoms with Crippen LogP contribution < -0.4 is 16.2 Å². The Bertz CT molecular complexity index is 1990. The molecule has 4 aromatic carbocycles. The fourth-order valence-corrected chi connectivity index (χ4v) is 4.27. The molecular weight excluding hydrogens is 708 g/mol. The zero-order valence-corrected chi connectivity index (χ0v) is 26.0. The minimum Gasteiger partial charge on any atom is -0.478 e. The summed E-state index contributed by atoms with van der Waals surface area (Å²) in [5.74, 6) is -8.83. The van der Waals surface area contributed by atoms with Crippen LogP contribution in [-0.4, -0.2) is 52.9 Å². The first-order valence-corrected chi connectivity index (χ1v) is 14.5. The number of carbonyl (C=O) groups excluding carboxylic acids is 5. The molecule has 4 rings (SSSR count). The molecule has 2 atom stereocenters. The number of esters is 2. The third-order valence-electron chi connectivity index (χ3n) is 6.84. The Morgan fingerprint density at radius 1 is 0.538 bits per heavy atom. The fraction of sp³-hybridized carbons (Fsp3) is 0.118. The molecule has 0 aliphatic rings. The van der Waals surface area contributed by atoms with Crippen LogP contribution in [0.2, 0.25) is 0 Å². The lowest BCUT2D eigenvalue weighted by Gasteiger charge is -2.24. The van der Waals surface area contributed by atoms with Crippen molar-refractivity contribution in [3.8, 4) is 0 Å². The van der Waals surface area contributed by atoms with E-state index in [2.05, 4.69) is 5.32 Å². The van der Waals surface area contributed by atoms with E-state index in [-0.39, 0.29) is 11.3 Å². The Labute approximate surface area is 288 Å². The van der Waals surface area contributed by atoms with Crippen LogP contribution in [0.25, 0.3) is 0 Å². The van der Waals surface area contributed by atoms with Crippen LogP contribution in [0.5, 0.6) is 0 Å². The zero-order valence-electron chi connectivity index (χ0n) is 26.0. The van der Waals surface area contributed by atoms with Crippen molar-refractivity contribution < 1.29 is 69.7 Å². The molecule has 52 heavy (non-hydrogen) atoms. The first-order valence-electron chi connectivity index (χ1n) is 14.5. The zero-order chi connectivity index (χ0) is 38.2. The van der Waals surface area contributed by atoms with Crippen LogP contribution in [0.4, 0.5) is 32.0 Å². The van der Waals surface area contributed by atoms with Crippen molar-refractivity contribution in [1.29, 1.82) is 0 Å². The van der Waals surface area contributed by atoms with Gasteiger partial charge in [-0.15, -0.1) is 0 Å². The Morgan fingerprint density at radius 2 is 1.00 bits per heavy atom. The van der Waals surface area contributed by atoms with Gasteiger partial charge in [0.2, 0.25) is 12.2 Å². The number of aliphatic carboxylic acids is 1. The number of hydrogen-bond donors (Lipinski definition) is 4. The number of alkyl halides is 6. The number of carboxylic acids is 1. The number of benzene rings is 4. The molecule has 0 unspecified atom stereocenters. The third-order valence-corrected chi connectivity index (χ3v) is 6.84. The maximum Gasteiger partial charge on any atom is 0.416 e. The second-order valence-corrected chi connectivity index (χ2v) is 10.5. The predicted molar refractivity (Wildman–Crippen MR) is 165 cm³/mol. The molecule has 0 heterocycles. The smallest absolute Gasteiger partial charge is 0.416 e. The number of carbonyl (C=O) groups is 6. The minimum atomic E-state index is -4.94. The molecule has 0 saturated carbocycles. The van der Waals surface area contributed by atoms with Gasteiger partial charge >= 0.3 is 30.3 Å². The third kappa shape index (κ3) is 9.93. The Kier molecular flexibility index (Phi) is 11.6. The number of ether oxygens (including phenoxy) is 2. The first-order chi connectivity index (χ1) is 24.4. The summed E-state index contributed by atoms with van der Waals surface area (Å²) in [4.78, 5) is 76.2. The number of hydrazine groups is 1. The van der Waals surface area contributed by atoms with Crippen molar-refractivity contribution in [1.82, 2.24) is 10.9 Å². The molecule has 4 N–H and O–H groups in total. The summed E-state index contributed by atoms with van der Waals surface area (Å²) in [6.45, 7) is 0. The van der Waals surface area contributed by atoms with E-state index in [0.717, 1.165) is 24.3 Å². The van der Waals surface area contributed by atoms with Crippen molar-refractivity contribution >= 4 is 41.3 Å². The SMILES string of the molecule is O=C(NNC(=O)[C@@H](OC(=O)c1cccc(C(F)(F)F)c1)[C@@H](OC(=O)c1cccc(C(F)(F)F)c1)C(=O)O)c1ccc(NC(=O)c2ccccc2)cc1. The van der Waals surface area contributed by atoms with E-state index in [1.807, 2.05) is 5.43 Å². The first kappa shape index (κ1) is 38.1. The van der Waals surface area contributed by atoms with Gasteiger partial charge in [0, 0.05) is 16.8 Å². The number of halogens is 6. The van der Waals surface area contributed by atoms with Crippen LogP contribution in [-0.2, 0) is 31.4 Å². The number of amides is 3. The van der Waals surface area contributed by atoms with Crippen LogP contribution >= 0.6 is 0 Å². The molecule has 270 valence electrons. The van der Waals surface area contributed by atoms with Crippen molar-refractivity contribution in [2.45, 2.75) is 24.6 Å². The Balaban J connectivity index is 1.55. The van der Waals surface area contributed by atoms with Gasteiger partial charge < -0.3 is 19.9 Å². The van der Waals surface area contributed by atoms with E-state index in [0.29, 0.717) is 29.8 Å². The van der Waals surface area contributed by atoms with Gasteiger partial charge in [0.1, 0.15) is 0 Å². The van der Waals surface area contributed by atoms with Gasteiger partial charge in [0.15, 0.2) is 0 Å². The van der Waals surface area contributed by atoms with Gasteiger partial charge in [-0.25, -0.2) is 14.4 Å². The van der Waals surface area contributed by atoms with Crippen molar-refractivity contribution in [3.63, 3.8) is 0 Å². The molecule has 0 aliphatic carbocycles. The number of anilines is 1. The second-order valence-electron chi connectivity index (χ2n) is 10.5. The molecular formula is C34H23F6N3O9. The largest absolute Gasteiger partial charge is 0.478 e. The summed E-state index contributed by atoms with van der Waals surface area (Å²) in [6, 6.07) is 18.2. The average molecular weight is 732 g/mol. The highest BCUT2D eigenvalue weighted by Crippen LogP contribution is 2.31. The molecule has 0 saturated heterocycles. The maximum absolute atomic E-state index is 13.2. The maximum atomic E-state index is 13.2. The average Bonchev–Trinajstić information content (AvgIpc) is 3.11. The highest BCUT2D eigenvalue weighted by atomic mass is 19.4. The van der Waals surface area contributed by atoms with E-state index in [1.165, 1.54) is 24.3 Å². The Morgan fingerprint density at radius 3 is 1.48 bits per heavy atom. The minimum absolute atomic E-state index is 0.138. The van der Waals surface area contributed by atoms with Gasteiger partial charge in [-0.3, -0.25) is 25.2 Å². The van der Waals surface area contributed by atoms with E-state index in [9.17, 15) is 60.2 Å². The molecule has 0 spiro atoms. The summed E-state index contributed by atoms with van der Waals surface area (Å²) < 4.78 is 89.0. The van der Waals surface area contributed by atoms with Crippen LogP contribution in [0.15, 0.2) is 103 Å². The summed E-state index contributed by atoms with van der Waals surface area (Å²) in [5, 5.41) is 12.4. The molecule has 3 amide bonds. The second kappa shape index (κ2) is 15.9. The van der Waals surface area contributed by atoms with E-state index in [4.69, 9.17) is 9.47 Å². The van der Waals surface area contributed by atoms with Crippen LogP contribution in [0, 0.1) is 0 Å². The highest BCUT2D eigenvalue weighted by Gasteiger charge is 2.42. The highest BCUT2D eigenvalue weighted by molar-refractivity contribution is 6.04. The Hall–Kier alpha value is -6.72. The molecule has 0 radical (unpaired) electrons. The number of hydrogen-bond acceptors (Lipinski definition) is 8. The van der Waals surface area contributed by atoms with Crippen molar-refractivity contribution in [2.75, 3.05) is 5.32 Å². The lowest BCUT2D eigenvalue weighted by atomic mass is 10.1. The van der Waals surface area contributed by atoms with Crippen LogP contribution in [0.3, 0.4) is 0 Å². The van der Waals surface area contributed by atoms with E-state index < -0.39 is 82.4 Å². The number of carboxylic acid groups (broad SMARTS) is 1. The van der Waals surface area contributed by atoms with Crippen LogP contribution in [0.1, 0.15) is 52.6 Å². The molecule has 0 fully saturated rings. The normalized spacial score (nSPS) is 12.4. The summed E-state index contributed by atoms with van der Waals surface area (Å²) in [5.41, 5.74) is -0.206.